The van der Waals surface area contributed by atoms with E-state index < -0.39 is 5.79 Å². The number of hydrogen-bond acceptors (Lipinski definition) is 3. The monoisotopic (exact) mass is 222 g/mol. The van der Waals surface area contributed by atoms with Crippen molar-refractivity contribution in [3.63, 3.8) is 0 Å². The predicted molar refractivity (Wildman–Crippen MR) is 62.2 cm³/mol. The van der Waals surface area contributed by atoms with Gasteiger partial charge in [-0.1, -0.05) is 30.3 Å². The first-order valence-corrected chi connectivity index (χ1v) is 5.48. The molecule has 0 fully saturated rings. The Morgan fingerprint density at radius 1 is 1.25 bits per heavy atom. The lowest BCUT2D eigenvalue weighted by atomic mass is 10.2. The van der Waals surface area contributed by atoms with Crippen LogP contribution < -0.4 is 0 Å². The van der Waals surface area contributed by atoms with E-state index in [1.807, 2.05) is 37.3 Å². The largest absolute Gasteiger partial charge is 0.344 e. The van der Waals surface area contributed by atoms with Gasteiger partial charge in [0.1, 0.15) is 0 Å². The van der Waals surface area contributed by atoms with Gasteiger partial charge in [0, 0.05) is 6.61 Å². The van der Waals surface area contributed by atoms with Crippen LogP contribution in [0, 0.1) is 0 Å². The fourth-order valence-corrected chi connectivity index (χ4v) is 1.41. The van der Waals surface area contributed by atoms with Crippen LogP contribution in [0.25, 0.3) is 0 Å². The molecular formula is C13H18O3. The molecule has 1 unspecified atom stereocenters. The second-order valence-corrected chi connectivity index (χ2v) is 3.65. The molecule has 1 aromatic rings. The van der Waals surface area contributed by atoms with E-state index in [4.69, 9.17) is 9.47 Å². The van der Waals surface area contributed by atoms with Crippen LogP contribution in [0.3, 0.4) is 0 Å². The lowest BCUT2D eigenvalue weighted by Crippen LogP contribution is -2.34. The molecule has 0 bridgehead atoms. The van der Waals surface area contributed by atoms with E-state index in [1.165, 1.54) is 5.56 Å². The Kier molecular flexibility index (Phi) is 5.15. The maximum atomic E-state index is 10.8. The molecule has 3 nitrogen and oxygen atoms in total. The molecule has 0 spiro atoms. The van der Waals surface area contributed by atoms with Crippen molar-refractivity contribution >= 4 is 6.29 Å². The Morgan fingerprint density at radius 2 is 1.94 bits per heavy atom. The third-order valence-corrected chi connectivity index (χ3v) is 2.27. The molecule has 88 valence electrons. The topological polar surface area (TPSA) is 35.5 Å². The van der Waals surface area contributed by atoms with Gasteiger partial charge in [-0.2, -0.15) is 0 Å². The van der Waals surface area contributed by atoms with Crippen LogP contribution in [0.1, 0.15) is 19.4 Å². The molecule has 0 amide bonds. The molecule has 0 saturated heterocycles. The van der Waals surface area contributed by atoms with E-state index >= 15 is 0 Å². The lowest BCUT2D eigenvalue weighted by molar-refractivity contribution is -0.207. The SMILES string of the molecule is CCOC(C)(C=O)OCCc1ccccc1. The molecule has 1 atom stereocenters. The van der Waals surface area contributed by atoms with Crippen LogP contribution in [0.15, 0.2) is 30.3 Å². The summed E-state index contributed by atoms with van der Waals surface area (Å²) >= 11 is 0. The number of rotatable bonds is 7. The van der Waals surface area contributed by atoms with Gasteiger partial charge in [0.25, 0.3) is 0 Å². The Bertz CT molecular complexity index is 310. The van der Waals surface area contributed by atoms with Crippen LogP contribution in [0.2, 0.25) is 0 Å². The Balaban J connectivity index is 2.37. The molecular weight excluding hydrogens is 204 g/mol. The van der Waals surface area contributed by atoms with Crippen molar-refractivity contribution < 1.29 is 14.3 Å². The van der Waals surface area contributed by atoms with Crippen LogP contribution in [-0.4, -0.2) is 25.3 Å². The second-order valence-electron chi connectivity index (χ2n) is 3.65. The summed E-state index contributed by atoms with van der Waals surface area (Å²) in [5, 5.41) is 0. The Hall–Kier alpha value is -1.19. The minimum absolute atomic E-state index is 0.459. The van der Waals surface area contributed by atoms with E-state index in [0.29, 0.717) is 19.5 Å². The predicted octanol–water partition coefficient (Wildman–Crippen LogP) is 2.20. The van der Waals surface area contributed by atoms with E-state index in [1.54, 1.807) is 6.92 Å². The molecule has 16 heavy (non-hydrogen) atoms. The fraction of sp³-hybridized carbons (Fsp3) is 0.462. The highest BCUT2D eigenvalue weighted by molar-refractivity contribution is 5.59. The normalized spacial score (nSPS) is 14.4. The molecule has 0 N–H and O–H groups in total. The zero-order valence-electron chi connectivity index (χ0n) is 9.81. The van der Waals surface area contributed by atoms with Crippen LogP contribution >= 0.6 is 0 Å². The van der Waals surface area contributed by atoms with Crippen molar-refractivity contribution in [1.82, 2.24) is 0 Å². The van der Waals surface area contributed by atoms with Gasteiger partial charge in [0.05, 0.1) is 6.61 Å². The minimum atomic E-state index is -1.11. The summed E-state index contributed by atoms with van der Waals surface area (Å²) in [5.41, 5.74) is 1.19. The number of carbonyl (C=O) groups is 1. The average Bonchev–Trinajstić information content (AvgIpc) is 2.31. The maximum absolute atomic E-state index is 10.8. The Morgan fingerprint density at radius 3 is 2.50 bits per heavy atom. The highest BCUT2D eigenvalue weighted by Crippen LogP contribution is 2.10. The molecule has 0 saturated carbocycles. The first-order valence-electron chi connectivity index (χ1n) is 5.48. The molecule has 0 aliphatic rings. The third-order valence-electron chi connectivity index (χ3n) is 2.27. The van der Waals surface area contributed by atoms with Crippen molar-refractivity contribution in [2.45, 2.75) is 26.1 Å². The summed E-state index contributed by atoms with van der Waals surface area (Å²) in [6.07, 6.45) is 1.47. The molecule has 3 heteroatoms. The van der Waals surface area contributed by atoms with Gasteiger partial charge in [0.15, 0.2) is 6.29 Å². The third kappa shape index (κ3) is 4.13. The van der Waals surface area contributed by atoms with Gasteiger partial charge in [-0.25, -0.2) is 0 Å². The van der Waals surface area contributed by atoms with Crippen molar-refractivity contribution in [2.75, 3.05) is 13.2 Å². The number of ether oxygens (including phenoxy) is 2. The van der Waals surface area contributed by atoms with E-state index in [2.05, 4.69) is 0 Å². The van der Waals surface area contributed by atoms with Crippen molar-refractivity contribution in [3.05, 3.63) is 35.9 Å². The van der Waals surface area contributed by atoms with E-state index in [0.717, 1.165) is 6.42 Å². The zero-order valence-corrected chi connectivity index (χ0v) is 9.81. The van der Waals surface area contributed by atoms with E-state index in [-0.39, 0.29) is 0 Å². The number of hydrogen-bond donors (Lipinski definition) is 0. The van der Waals surface area contributed by atoms with Gasteiger partial charge in [-0.15, -0.1) is 0 Å². The molecule has 0 aromatic heterocycles. The van der Waals surface area contributed by atoms with Crippen molar-refractivity contribution in [1.29, 1.82) is 0 Å². The molecule has 1 aromatic carbocycles. The highest BCUT2D eigenvalue weighted by Gasteiger charge is 2.23. The molecule has 0 aliphatic heterocycles. The molecule has 0 aliphatic carbocycles. The second kappa shape index (κ2) is 6.40. The van der Waals surface area contributed by atoms with Gasteiger partial charge in [-0.3, -0.25) is 4.79 Å². The van der Waals surface area contributed by atoms with Crippen LogP contribution in [0.4, 0.5) is 0 Å². The van der Waals surface area contributed by atoms with Crippen LogP contribution in [-0.2, 0) is 20.7 Å². The highest BCUT2D eigenvalue weighted by atomic mass is 16.7. The number of carbonyl (C=O) groups excluding carboxylic acids is 1. The first-order chi connectivity index (χ1) is 7.70. The van der Waals surface area contributed by atoms with Gasteiger partial charge >= 0.3 is 0 Å². The molecule has 1 rings (SSSR count). The summed E-state index contributed by atoms with van der Waals surface area (Å²) in [7, 11) is 0. The fourth-order valence-electron chi connectivity index (χ4n) is 1.41. The smallest absolute Gasteiger partial charge is 0.222 e. The quantitative estimate of drug-likeness (QED) is 0.524. The summed E-state index contributed by atoms with van der Waals surface area (Å²) in [6.45, 7) is 4.40. The van der Waals surface area contributed by atoms with Crippen LogP contribution in [0.5, 0.6) is 0 Å². The minimum Gasteiger partial charge on any atom is -0.344 e. The number of aldehydes is 1. The Labute approximate surface area is 96.4 Å². The first kappa shape index (κ1) is 12.9. The lowest BCUT2D eigenvalue weighted by Gasteiger charge is -2.23. The van der Waals surface area contributed by atoms with Gasteiger partial charge < -0.3 is 9.47 Å². The molecule has 0 heterocycles. The summed E-state index contributed by atoms with van der Waals surface area (Å²) in [6, 6.07) is 10.00. The van der Waals surface area contributed by atoms with Gasteiger partial charge in [0.2, 0.25) is 5.79 Å². The maximum Gasteiger partial charge on any atom is 0.222 e. The number of benzene rings is 1. The van der Waals surface area contributed by atoms with E-state index in [9.17, 15) is 4.79 Å². The van der Waals surface area contributed by atoms with Crippen molar-refractivity contribution in [3.8, 4) is 0 Å². The summed E-state index contributed by atoms with van der Waals surface area (Å²) in [4.78, 5) is 10.8. The molecule has 0 radical (unpaired) electrons. The standard InChI is InChI=1S/C13H18O3/c1-3-15-13(2,11-14)16-10-9-12-7-5-4-6-8-12/h4-8,11H,3,9-10H2,1-2H3. The summed E-state index contributed by atoms with van der Waals surface area (Å²) in [5.74, 6) is -1.11. The zero-order chi connectivity index (χ0) is 11.9. The van der Waals surface area contributed by atoms with Gasteiger partial charge in [-0.05, 0) is 25.8 Å². The summed E-state index contributed by atoms with van der Waals surface area (Å²) < 4.78 is 10.7. The average molecular weight is 222 g/mol. The van der Waals surface area contributed by atoms with Crippen molar-refractivity contribution in [2.24, 2.45) is 0 Å².